The van der Waals surface area contributed by atoms with E-state index in [2.05, 4.69) is 98.9 Å². The van der Waals surface area contributed by atoms with Crippen LogP contribution in [0.5, 0.6) is 0 Å². The molecule has 1 N–H and O–H groups in total. The maximum atomic E-state index is 12.1. The number of carbonyl (C=O) groups is 2. The summed E-state index contributed by atoms with van der Waals surface area (Å²) in [6, 6.07) is 0. The minimum Gasteiger partial charge on any atom is -0.462 e. The average Bonchev–Trinajstić information content (AvgIpc) is 3.09. The highest BCUT2D eigenvalue weighted by Gasteiger charge is 2.16. The van der Waals surface area contributed by atoms with E-state index < -0.39 is 6.10 Å². The van der Waals surface area contributed by atoms with E-state index in [1.165, 1.54) is 25.7 Å². The van der Waals surface area contributed by atoms with Crippen LogP contribution in [0.2, 0.25) is 0 Å². The molecule has 0 aliphatic rings. The zero-order valence-corrected chi connectivity index (χ0v) is 30.7. The highest BCUT2D eigenvalue weighted by Crippen LogP contribution is 2.10. The van der Waals surface area contributed by atoms with Crippen molar-refractivity contribution < 1.29 is 24.2 Å². The molecule has 272 valence electrons. The van der Waals surface area contributed by atoms with Crippen LogP contribution in [0, 0.1) is 0 Å². The summed E-state index contributed by atoms with van der Waals surface area (Å²) in [4.78, 5) is 24.2. The molecule has 0 bridgehead atoms. The molecule has 0 rings (SSSR count). The first-order valence-electron chi connectivity index (χ1n) is 19.1. The summed E-state index contributed by atoms with van der Waals surface area (Å²) >= 11 is 0. The molecule has 0 heterocycles. The molecule has 0 saturated carbocycles. The van der Waals surface area contributed by atoms with E-state index >= 15 is 0 Å². The van der Waals surface area contributed by atoms with Crippen molar-refractivity contribution in [1.82, 2.24) is 0 Å². The van der Waals surface area contributed by atoms with Crippen molar-refractivity contribution in [3.05, 3.63) is 85.1 Å². The van der Waals surface area contributed by atoms with E-state index in [0.717, 1.165) is 103 Å². The maximum absolute atomic E-state index is 12.1. The molecule has 0 fully saturated rings. The summed E-state index contributed by atoms with van der Waals surface area (Å²) in [7, 11) is 0. The molecular formula is C43H70O5. The number of ether oxygens (including phenoxy) is 2. The number of esters is 2. The van der Waals surface area contributed by atoms with Gasteiger partial charge < -0.3 is 14.6 Å². The number of carbonyl (C=O) groups excluding carboxylic acids is 2. The third-order valence-electron chi connectivity index (χ3n) is 7.67. The fourth-order valence-electron chi connectivity index (χ4n) is 4.78. The summed E-state index contributed by atoms with van der Waals surface area (Å²) in [5, 5.41) is 9.54. The van der Waals surface area contributed by atoms with Crippen LogP contribution < -0.4 is 0 Å². The second kappa shape index (κ2) is 38.5. The third-order valence-corrected chi connectivity index (χ3v) is 7.67. The average molecular weight is 667 g/mol. The number of aliphatic hydroxyl groups is 1. The van der Waals surface area contributed by atoms with Crippen LogP contribution in [0.25, 0.3) is 0 Å². The van der Waals surface area contributed by atoms with Crippen LogP contribution in [0.15, 0.2) is 85.1 Å². The number of allylic oxidation sites excluding steroid dienone is 14. The largest absolute Gasteiger partial charge is 0.462 e. The Hall–Kier alpha value is -2.92. The maximum Gasteiger partial charge on any atom is 0.306 e. The van der Waals surface area contributed by atoms with Crippen LogP contribution >= 0.6 is 0 Å². The van der Waals surface area contributed by atoms with Crippen LogP contribution in [0.1, 0.15) is 155 Å². The van der Waals surface area contributed by atoms with E-state index in [4.69, 9.17) is 9.47 Å². The molecule has 5 nitrogen and oxygen atoms in total. The molecule has 0 amide bonds. The molecule has 0 saturated heterocycles. The smallest absolute Gasteiger partial charge is 0.306 e. The molecular weight excluding hydrogens is 596 g/mol. The lowest BCUT2D eigenvalue weighted by Crippen LogP contribution is -2.28. The van der Waals surface area contributed by atoms with Crippen molar-refractivity contribution in [2.24, 2.45) is 0 Å². The van der Waals surface area contributed by atoms with Crippen LogP contribution in [-0.4, -0.2) is 36.4 Å². The second-order valence-corrected chi connectivity index (χ2v) is 12.3. The quantitative estimate of drug-likeness (QED) is 0.0429. The van der Waals surface area contributed by atoms with Crippen molar-refractivity contribution in [2.45, 2.75) is 161 Å². The Balaban J connectivity index is 3.70. The van der Waals surface area contributed by atoms with Gasteiger partial charge in [-0.1, -0.05) is 137 Å². The van der Waals surface area contributed by atoms with Crippen molar-refractivity contribution in [2.75, 3.05) is 13.2 Å². The van der Waals surface area contributed by atoms with E-state index in [9.17, 15) is 14.7 Å². The fourth-order valence-corrected chi connectivity index (χ4v) is 4.78. The monoisotopic (exact) mass is 667 g/mol. The van der Waals surface area contributed by atoms with Gasteiger partial charge in [-0.15, -0.1) is 0 Å². The lowest BCUT2D eigenvalue weighted by molar-refractivity contribution is -0.161. The SMILES string of the molecule is CC/C=C\C/C=C\C/C=C\CCCCCCCC(=O)O[C@@H](CO)COC(=O)CCCCC/C=C\C/C=C\C/C=C\C/C=C\CCCCC. The Morgan fingerprint density at radius 1 is 0.500 bits per heavy atom. The van der Waals surface area contributed by atoms with Gasteiger partial charge in [0.25, 0.3) is 0 Å². The van der Waals surface area contributed by atoms with Gasteiger partial charge in [-0.25, -0.2) is 0 Å². The van der Waals surface area contributed by atoms with Gasteiger partial charge in [-0.2, -0.15) is 0 Å². The first-order chi connectivity index (χ1) is 23.6. The lowest BCUT2D eigenvalue weighted by Gasteiger charge is -2.15. The Bertz CT molecular complexity index is 937. The summed E-state index contributed by atoms with van der Waals surface area (Å²) in [6.45, 7) is 3.93. The molecule has 0 aromatic carbocycles. The molecule has 48 heavy (non-hydrogen) atoms. The molecule has 0 spiro atoms. The van der Waals surface area contributed by atoms with Gasteiger partial charge in [-0.05, 0) is 89.9 Å². The summed E-state index contributed by atoms with van der Waals surface area (Å²) < 4.78 is 10.6. The summed E-state index contributed by atoms with van der Waals surface area (Å²) in [6.07, 6.45) is 52.1. The topological polar surface area (TPSA) is 72.8 Å². The molecule has 0 aromatic heterocycles. The third kappa shape index (κ3) is 35.9. The van der Waals surface area contributed by atoms with E-state index in [0.29, 0.717) is 12.8 Å². The Morgan fingerprint density at radius 2 is 0.896 bits per heavy atom. The number of aliphatic hydroxyl groups excluding tert-OH is 1. The molecule has 5 heteroatoms. The van der Waals surface area contributed by atoms with Crippen molar-refractivity contribution in [3.8, 4) is 0 Å². The number of rotatable bonds is 33. The predicted molar refractivity (Wildman–Crippen MR) is 205 cm³/mol. The summed E-state index contributed by atoms with van der Waals surface area (Å²) in [5.41, 5.74) is 0. The van der Waals surface area contributed by atoms with Crippen molar-refractivity contribution >= 4 is 11.9 Å². The van der Waals surface area contributed by atoms with Crippen molar-refractivity contribution in [3.63, 3.8) is 0 Å². The minimum absolute atomic E-state index is 0.0947. The van der Waals surface area contributed by atoms with Gasteiger partial charge in [0.2, 0.25) is 0 Å². The lowest BCUT2D eigenvalue weighted by atomic mass is 10.1. The normalized spacial score (nSPS) is 13.1. The first-order valence-corrected chi connectivity index (χ1v) is 19.1. The van der Waals surface area contributed by atoms with E-state index in [1.807, 2.05) is 0 Å². The number of unbranched alkanes of at least 4 members (excludes halogenated alkanes) is 11. The van der Waals surface area contributed by atoms with Gasteiger partial charge in [0, 0.05) is 12.8 Å². The van der Waals surface area contributed by atoms with Crippen molar-refractivity contribution in [1.29, 1.82) is 0 Å². The molecule has 0 unspecified atom stereocenters. The Labute approximate surface area is 295 Å². The molecule has 0 aromatic rings. The standard InChI is InChI=1S/C43H70O5/c1-3-5-7-9-11-13-15-17-19-20-21-22-24-25-27-29-31-33-35-37-42(45)47-40-41(39-44)48-43(46)38-36-34-32-30-28-26-23-18-16-14-12-10-8-6-4-2/h6,8,11-14,17-19,21-23,25,27,41,44H,3-5,7,9-10,15-16,20,24,26,28-40H2,1-2H3/b8-6-,13-11-,14-12-,19-17-,22-21-,23-18-,27-25-/t41-/m0/s1. The molecule has 1 atom stereocenters. The van der Waals surface area contributed by atoms with Crippen LogP contribution in [0.3, 0.4) is 0 Å². The number of hydrogen-bond donors (Lipinski definition) is 1. The zero-order chi connectivity index (χ0) is 35.0. The summed E-state index contributed by atoms with van der Waals surface area (Å²) in [5.74, 6) is -0.656. The molecule has 0 radical (unpaired) electrons. The van der Waals surface area contributed by atoms with Crippen LogP contribution in [-0.2, 0) is 19.1 Å². The first kappa shape index (κ1) is 45.1. The highest BCUT2D eigenvalue weighted by molar-refractivity contribution is 5.70. The van der Waals surface area contributed by atoms with E-state index in [-0.39, 0.29) is 25.2 Å². The second-order valence-electron chi connectivity index (χ2n) is 12.3. The Kier molecular flexibility index (Phi) is 36.2. The predicted octanol–water partition coefficient (Wildman–Crippen LogP) is 11.9. The zero-order valence-electron chi connectivity index (χ0n) is 30.7. The van der Waals surface area contributed by atoms with Gasteiger partial charge in [0.15, 0.2) is 6.10 Å². The van der Waals surface area contributed by atoms with Gasteiger partial charge >= 0.3 is 11.9 Å². The molecule has 0 aliphatic heterocycles. The minimum atomic E-state index is -0.798. The van der Waals surface area contributed by atoms with E-state index in [1.54, 1.807) is 0 Å². The highest BCUT2D eigenvalue weighted by atomic mass is 16.6. The number of hydrogen-bond acceptors (Lipinski definition) is 5. The Morgan fingerprint density at radius 3 is 1.38 bits per heavy atom. The van der Waals surface area contributed by atoms with Crippen LogP contribution in [0.4, 0.5) is 0 Å². The van der Waals surface area contributed by atoms with Gasteiger partial charge in [0.05, 0.1) is 6.61 Å². The van der Waals surface area contributed by atoms with Gasteiger partial charge in [-0.3, -0.25) is 9.59 Å². The fraction of sp³-hybridized carbons (Fsp3) is 0.628. The van der Waals surface area contributed by atoms with Gasteiger partial charge in [0.1, 0.15) is 6.61 Å². The molecule has 0 aliphatic carbocycles.